The monoisotopic (exact) mass is 313 g/mol. The minimum absolute atomic E-state index is 0.0674. The van der Waals surface area contributed by atoms with Gasteiger partial charge in [0, 0.05) is 25.4 Å². The number of carbonyl (C=O) groups is 2. The highest BCUT2D eigenvalue weighted by Crippen LogP contribution is 2.19. The predicted octanol–water partition coefficient (Wildman–Crippen LogP) is 1.20. The second kappa shape index (κ2) is 6.71. The quantitative estimate of drug-likeness (QED) is 0.852. The van der Waals surface area contributed by atoms with Crippen LogP contribution in [0.1, 0.15) is 29.3 Å². The van der Waals surface area contributed by atoms with Gasteiger partial charge in [0.15, 0.2) is 9.84 Å². The van der Waals surface area contributed by atoms with Gasteiger partial charge in [-0.05, 0) is 24.1 Å². The van der Waals surface area contributed by atoms with Crippen LogP contribution in [-0.2, 0) is 21.1 Å². The van der Waals surface area contributed by atoms with Crippen molar-refractivity contribution in [1.82, 2.24) is 4.90 Å². The van der Waals surface area contributed by atoms with Gasteiger partial charge in [0.05, 0.1) is 11.3 Å². The Morgan fingerprint density at radius 2 is 1.90 bits per heavy atom. The van der Waals surface area contributed by atoms with E-state index >= 15 is 0 Å². The molecule has 0 unspecified atom stereocenters. The zero-order chi connectivity index (χ0) is 16.2. The molecule has 7 heteroatoms. The Hall–Kier alpha value is -1.89. The van der Waals surface area contributed by atoms with E-state index in [-0.39, 0.29) is 23.4 Å². The number of amides is 1. The van der Waals surface area contributed by atoms with E-state index in [1.54, 1.807) is 12.1 Å². The van der Waals surface area contributed by atoms with Crippen molar-refractivity contribution in [2.24, 2.45) is 0 Å². The molecule has 1 aromatic rings. The first kappa shape index (κ1) is 17.2. The van der Waals surface area contributed by atoms with Gasteiger partial charge in [-0.25, -0.2) is 8.42 Å². The number of aryl methyl sites for hydroxylation is 1. The highest BCUT2D eigenvalue weighted by molar-refractivity contribution is 7.90. The van der Waals surface area contributed by atoms with Gasteiger partial charge in [-0.1, -0.05) is 13.0 Å². The zero-order valence-electron chi connectivity index (χ0n) is 12.3. The second-order valence-corrected chi connectivity index (χ2v) is 6.80. The summed E-state index contributed by atoms with van der Waals surface area (Å²) in [5.41, 5.74) is 0.891. The van der Waals surface area contributed by atoms with Crippen LogP contribution in [0.25, 0.3) is 0 Å². The summed E-state index contributed by atoms with van der Waals surface area (Å²) in [6.07, 6.45) is 1.49. The maximum absolute atomic E-state index is 12.2. The van der Waals surface area contributed by atoms with Gasteiger partial charge in [-0.3, -0.25) is 9.59 Å². The molecular formula is C14H19NO5S. The van der Waals surface area contributed by atoms with Crippen LogP contribution in [0.5, 0.6) is 0 Å². The van der Waals surface area contributed by atoms with Crippen molar-refractivity contribution in [3.63, 3.8) is 0 Å². The van der Waals surface area contributed by atoms with Crippen LogP contribution in [0, 0.1) is 0 Å². The summed E-state index contributed by atoms with van der Waals surface area (Å²) in [5.74, 6) is -1.39. The molecule has 0 atom stereocenters. The number of sulfone groups is 1. The van der Waals surface area contributed by atoms with Gasteiger partial charge >= 0.3 is 5.97 Å². The average Bonchev–Trinajstić information content (AvgIpc) is 2.42. The highest BCUT2D eigenvalue weighted by atomic mass is 32.2. The van der Waals surface area contributed by atoms with E-state index in [2.05, 4.69) is 0 Å². The molecule has 0 fully saturated rings. The number of nitrogens with zero attached hydrogens (tertiary/aromatic N) is 1. The van der Waals surface area contributed by atoms with Gasteiger partial charge < -0.3 is 10.0 Å². The summed E-state index contributed by atoms with van der Waals surface area (Å²) in [7, 11) is -1.93. The maximum atomic E-state index is 12.2. The Labute approximate surface area is 124 Å². The van der Waals surface area contributed by atoms with Crippen molar-refractivity contribution >= 4 is 21.7 Å². The lowest BCUT2D eigenvalue weighted by molar-refractivity contribution is -0.137. The lowest BCUT2D eigenvalue weighted by atomic mass is 10.1. The first-order chi connectivity index (χ1) is 9.66. The first-order valence-electron chi connectivity index (χ1n) is 6.47. The van der Waals surface area contributed by atoms with Crippen LogP contribution in [0.3, 0.4) is 0 Å². The Balaban J connectivity index is 3.09. The molecule has 0 aliphatic carbocycles. The molecule has 0 aromatic heterocycles. The molecule has 1 N–H and O–H groups in total. The number of carbonyl (C=O) groups excluding carboxylic acids is 1. The molecule has 1 aromatic carbocycles. The number of aliphatic carboxylic acids is 1. The van der Waals surface area contributed by atoms with Gasteiger partial charge in [-0.2, -0.15) is 0 Å². The van der Waals surface area contributed by atoms with E-state index in [0.29, 0.717) is 12.0 Å². The van der Waals surface area contributed by atoms with Gasteiger partial charge in [0.1, 0.15) is 0 Å². The second-order valence-electron chi connectivity index (χ2n) is 4.82. The SMILES string of the molecule is CCc1ccc(C(=O)N(C)CCC(=O)O)cc1S(C)(=O)=O. The molecule has 0 aliphatic heterocycles. The molecule has 116 valence electrons. The third kappa shape index (κ3) is 4.56. The Bertz CT molecular complexity index is 651. The molecule has 6 nitrogen and oxygen atoms in total. The fourth-order valence-electron chi connectivity index (χ4n) is 1.91. The minimum Gasteiger partial charge on any atom is -0.481 e. The molecule has 0 aliphatic rings. The smallest absolute Gasteiger partial charge is 0.305 e. The largest absolute Gasteiger partial charge is 0.481 e. The summed E-state index contributed by atoms with van der Waals surface area (Å²) in [5, 5.41) is 8.62. The summed E-state index contributed by atoms with van der Waals surface area (Å²) < 4.78 is 23.5. The fourth-order valence-corrected chi connectivity index (χ4v) is 2.94. The van der Waals surface area contributed by atoms with Crippen molar-refractivity contribution in [2.75, 3.05) is 19.8 Å². The van der Waals surface area contributed by atoms with Gasteiger partial charge in [0.2, 0.25) is 0 Å². The molecule has 0 spiro atoms. The van der Waals surface area contributed by atoms with Crippen LogP contribution < -0.4 is 0 Å². The van der Waals surface area contributed by atoms with Crippen LogP contribution in [0.15, 0.2) is 23.1 Å². The van der Waals surface area contributed by atoms with E-state index in [0.717, 1.165) is 6.26 Å². The van der Waals surface area contributed by atoms with E-state index < -0.39 is 21.7 Å². The van der Waals surface area contributed by atoms with E-state index in [1.807, 2.05) is 6.92 Å². The maximum Gasteiger partial charge on any atom is 0.305 e. The van der Waals surface area contributed by atoms with Crippen molar-refractivity contribution < 1.29 is 23.1 Å². The summed E-state index contributed by atoms with van der Waals surface area (Å²) in [4.78, 5) is 24.1. The topological polar surface area (TPSA) is 91.8 Å². The summed E-state index contributed by atoms with van der Waals surface area (Å²) >= 11 is 0. The summed E-state index contributed by atoms with van der Waals surface area (Å²) in [6, 6.07) is 4.54. The molecule has 0 saturated carbocycles. The minimum atomic E-state index is -3.42. The molecular weight excluding hydrogens is 294 g/mol. The normalized spacial score (nSPS) is 11.2. The number of rotatable bonds is 6. The van der Waals surface area contributed by atoms with Crippen molar-refractivity contribution in [3.8, 4) is 0 Å². The Morgan fingerprint density at radius 3 is 2.38 bits per heavy atom. The van der Waals surface area contributed by atoms with Crippen molar-refractivity contribution in [1.29, 1.82) is 0 Å². The number of hydrogen-bond donors (Lipinski definition) is 1. The van der Waals surface area contributed by atoms with Crippen LogP contribution in [0.4, 0.5) is 0 Å². The molecule has 0 saturated heterocycles. The zero-order valence-corrected chi connectivity index (χ0v) is 13.1. The van der Waals surface area contributed by atoms with Gasteiger partial charge in [0.25, 0.3) is 5.91 Å². The fraction of sp³-hybridized carbons (Fsp3) is 0.429. The average molecular weight is 313 g/mol. The molecule has 1 rings (SSSR count). The highest BCUT2D eigenvalue weighted by Gasteiger charge is 2.18. The van der Waals surface area contributed by atoms with E-state index in [9.17, 15) is 18.0 Å². The van der Waals surface area contributed by atoms with Crippen LogP contribution >= 0.6 is 0 Å². The summed E-state index contributed by atoms with van der Waals surface area (Å²) in [6.45, 7) is 1.91. The standard InChI is InChI=1S/C14H19NO5S/c1-4-10-5-6-11(9-12(10)21(3,19)20)14(18)15(2)8-7-13(16)17/h5-6,9H,4,7-8H2,1-3H3,(H,16,17). The molecule has 0 heterocycles. The third-order valence-corrected chi connectivity index (χ3v) is 4.28. The number of benzene rings is 1. The van der Waals surface area contributed by atoms with Crippen molar-refractivity contribution in [2.45, 2.75) is 24.7 Å². The number of carboxylic acids is 1. The van der Waals surface area contributed by atoms with E-state index in [4.69, 9.17) is 5.11 Å². The first-order valence-corrected chi connectivity index (χ1v) is 8.36. The number of hydrogen-bond acceptors (Lipinski definition) is 4. The molecule has 21 heavy (non-hydrogen) atoms. The van der Waals surface area contributed by atoms with Gasteiger partial charge in [-0.15, -0.1) is 0 Å². The molecule has 1 amide bonds. The van der Waals surface area contributed by atoms with E-state index in [1.165, 1.54) is 18.0 Å². The third-order valence-electron chi connectivity index (χ3n) is 3.10. The van der Waals surface area contributed by atoms with Crippen molar-refractivity contribution in [3.05, 3.63) is 29.3 Å². The lowest BCUT2D eigenvalue weighted by Gasteiger charge is -2.17. The lowest BCUT2D eigenvalue weighted by Crippen LogP contribution is -2.29. The Kier molecular flexibility index (Phi) is 5.48. The molecule has 0 radical (unpaired) electrons. The number of carboxylic acid groups (broad SMARTS) is 1. The molecule has 0 bridgehead atoms. The predicted molar refractivity (Wildman–Crippen MR) is 78.1 cm³/mol. The Morgan fingerprint density at radius 1 is 1.29 bits per heavy atom. The van der Waals surface area contributed by atoms with Crippen LogP contribution in [-0.4, -0.2) is 50.1 Å². The van der Waals surface area contributed by atoms with Crippen LogP contribution in [0.2, 0.25) is 0 Å².